The molecule has 0 heterocycles. The summed E-state index contributed by atoms with van der Waals surface area (Å²) in [7, 11) is 0. The molecule has 3 atom stereocenters. The zero-order valence-electron chi connectivity index (χ0n) is 10.8. The Hall–Kier alpha value is -0.440. The lowest BCUT2D eigenvalue weighted by atomic mass is 9.74. The molecule has 0 bridgehead atoms. The van der Waals surface area contributed by atoms with E-state index >= 15 is 0 Å². The SMILES string of the molecule is CCC1CCCC2CCC#CCCC2CC1. The maximum atomic E-state index is 3.33. The van der Waals surface area contributed by atoms with Crippen LogP contribution in [0.4, 0.5) is 0 Å². The van der Waals surface area contributed by atoms with Crippen molar-refractivity contribution in [3.05, 3.63) is 0 Å². The van der Waals surface area contributed by atoms with Crippen molar-refractivity contribution in [3.8, 4) is 11.8 Å². The second kappa shape index (κ2) is 6.33. The van der Waals surface area contributed by atoms with E-state index in [2.05, 4.69) is 18.8 Å². The molecule has 0 radical (unpaired) electrons. The predicted molar refractivity (Wildman–Crippen MR) is 70.1 cm³/mol. The fraction of sp³-hybridized carbons (Fsp3) is 0.875. The molecule has 3 unspecified atom stereocenters. The van der Waals surface area contributed by atoms with Crippen LogP contribution >= 0.6 is 0 Å². The van der Waals surface area contributed by atoms with E-state index in [4.69, 9.17) is 0 Å². The van der Waals surface area contributed by atoms with Crippen LogP contribution in [-0.4, -0.2) is 0 Å². The Balaban J connectivity index is 1.94. The van der Waals surface area contributed by atoms with Crippen molar-refractivity contribution in [1.29, 1.82) is 0 Å². The van der Waals surface area contributed by atoms with Gasteiger partial charge in [-0.3, -0.25) is 0 Å². The average molecular weight is 218 g/mol. The Morgan fingerprint density at radius 3 is 2.19 bits per heavy atom. The quantitative estimate of drug-likeness (QED) is 0.555. The summed E-state index contributed by atoms with van der Waals surface area (Å²) in [6, 6.07) is 0. The zero-order valence-corrected chi connectivity index (χ0v) is 10.8. The van der Waals surface area contributed by atoms with E-state index in [9.17, 15) is 0 Å². The van der Waals surface area contributed by atoms with E-state index in [-0.39, 0.29) is 0 Å². The summed E-state index contributed by atoms with van der Waals surface area (Å²) < 4.78 is 0. The number of rotatable bonds is 1. The van der Waals surface area contributed by atoms with E-state index in [1.54, 1.807) is 0 Å². The summed E-state index contributed by atoms with van der Waals surface area (Å²) >= 11 is 0. The van der Waals surface area contributed by atoms with Gasteiger partial charge in [-0.2, -0.15) is 0 Å². The molecule has 0 aromatic carbocycles. The fourth-order valence-electron chi connectivity index (χ4n) is 3.59. The van der Waals surface area contributed by atoms with E-state index < -0.39 is 0 Å². The van der Waals surface area contributed by atoms with Crippen LogP contribution in [0.2, 0.25) is 0 Å². The summed E-state index contributed by atoms with van der Waals surface area (Å²) in [5.41, 5.74) is 0. The molecule has 2 aliphatic rings. The Kier molecular flexibility index (Phi) is 4.76. The fourth-order valence-corrected chi connectivity index (χ4v) is 3.59. The van der Waals surface area contributed by atoms with Gasteiger partial charge in [0.15, 0.2) is 0 Å². The van der Waals surface area contributed by atoms with Crippen LogP contribution in [0.3, 0.4) is 0 Å². The molecule has 0 saturated heterocycles. The minimum atomic E-state index is 1.00. The maximum Gasteiger partial charge on any atom is 0.00914 e. The van der Waals surface area contributed by atoms with E-state index in [0.29, 0.717) is 0 Å². The first-order chi connectivity index (χ1) is 7.90. The number of fused-ring (bicyclic) bond motifs is 1. The van der Waals surface area contributed by atoms with Crippen LogP contribution in [0, 0.1) is 29.6 Å². The van der Waals surface area contributed by atoms with Crippen LogP contribution in [0.5, 0.6) is 0 Å². The first kappa shape index (κ1) is 12.0. The third-order valence-electron chi connectivity index (χ3n) is 4.78. The van der Waals surface area contributed by atoms with Crippen molar-refractivity contribution < 1.29 is 0 Å². The average Bonchev–Trinajstić information content (AvgIpc) is 2.25. The molecule has 0 amide bonds. The molecule has 2 aliphatic carbocycles. The molecule has 2 rings (SSSR count). The monoisotopic (exact) mass is 218 g/mol. The van der Waals surface area contributed by atoms with Gasteiger partial charge < -0.3 is 0 Å². The first-order valence-corrected chi connectivity index (χ1v) is 7.36. The van der Waals surface area contributed by atoms with Gasteiger partial charge in [0.05, 0.1) is 0 Å². The molecule has 1 saturated carbocycles. The third kappa shape index (κ3) is 3.27. The molecule has 16 heavy (non-hydrogen) atoms. The maximum absolute atomic E-state index is 3.33. The van der Waals surface area contributed by atoms with Gasteiger partial charge in [0.1, 0.15) is 0 Å². The molecule has 0 aliphatic heterocycles. The van der Waals surface area contributed by atoms with Gasteiger partial charge in [-0.1, -0.05) is 39.0 Å². The lowest BCUT2D eigenvalue weighted by Crippen LogP contribution is -2.20. The van der Waals surface area contributed by atoms with Gasteiger partial charge in [0.2, 0.25) is 0 Å². The highest BCUT2D eigenvalue weighted by Crippen LogP contribution is 2.36. The van der Waals surface area contributed by atoms with Crippen molar-refractivity contribution >= 4 is 0 Å². The summed E-state index contributed by atoms with van der Waals surface area (Å²) in [4.78, 5) is 0. The van der Waals surface area contributed by atoms with Crippen LogP contribution in [-0.2, 0) is 0 Å². The predicted octanol–water partition coefficient (Wildman–Crippen LogP) is 4.79. The molecule has 0 aromatic rings. The van der Waals surface area contributed by atoms with Crippen molar-refractivity contribution in [2.75, 3.05) is 0 Å². The Morgan fingerprint density at radius 1 is 0.812 bits per heavy atom. The minimum absolute atomic E-state index is 1.00. The van der Waals surface area contributed by atoms with Crippen molar-refractivity contribution in [1.82, 2.24) is 0 Å². The first-order valence-electron chi connectivity index (χ1n) is 7.36. The smallest absolute Gasteiger partial charge is 0.00914 e. The second-order valence-corrected chi connectivity index (χ2v) is 5.73. The molecule has 0 spiro atoms. The largest absolute Gasteiger partial charge is 0.103 e. The number of hydrogen-bond acceptors (Lipinski definition) is 0. The number of hydrogen-bond donors (Lipinski definition) is 0. The molecule has 0 heteroatoms. The second-order valence-electron chi connectivity index (χ2n) is 5.73. The molecule has 0 aromatic heterocycles. The Morgan fingerprint density at radius 2 is 1.50 bits per heavy atom. The Bertz CT molecular complexity index is 255. The molecular weight excluding hydrogens is 192 g/mol. The van der Waals surface area contributed by atoms with Gasteiger partial charge in [-0.25, -0.2) is 0 Å². The summed E-state index contributed by atoms with van der Waals surface area (Å²) in [6.45, 7) is 2.37. The van der Waals surface area contributed by atoms with Gasteiger partial charge in [-0.05, 0) is 37.0 Å². The van der Waals surface area contributed by atoms with Gasteiger partial charge in [0, 0.05) is 12.8 Å². The van der Waals surface area contributed by atoms with Gasteiger partial charge in [-0.15, -0.1) is 11.8 Å². The Labute approximate surface area is 101 Å². The van der Waals surface area contributed by atoms with Gasteiger partial charge in [0.25, 0.3) is 0 Å². The topological polar surface area (TPSA) is 0 Å². The van der Waals surface area contributed by atoms with Crippen molar-refractivity contribution in [2.45, 2.75) is 71.1 Å². The highest BCUT2D eigenvalue weighted by molar-refractivity contribution is 5.01. The molecule has 0 nitrogen and oxygen atoms in total. The van der Waals surface area contributed by atoms with Crippen molar-refractivity contribution in [3.63, 3.8) is 0 Å². The van der Waals surface area contributed by atoms with Gasteiger partial charge >= 0.3 is 0 Å². The molecule has 1 fully saturated rings. The van der Waals surface area contributed by atoms with Crippen LogP contribution in [0.1, 0.15) is 71.1 Å². The zero-order chi connectivity index (χ0) is 11.2. The lowest BCUT2D eigenvalue weighted by molar-refractivity contribution is 0.208. The minimum Gasteiger partial charge on any atom is -0.103 e. The molecule has 0 N–H and O–H groups in total. The van der Waals surface area contributed by atoms with E-state index in [0.717, 1.165) is 24.2 Å². The molecular formula is C16H26. The van der Waals surface area contributed by atoms with E-state index in [1.807, 2.05) is 0 Å². The summed E-state index contributed by atoms with van der Waals surface area (Å²) in [5.74, 6) is 9.69. The standard InChI is InChI=1S/C16H26/c1-2-14-8-7-11-15-9-5-3-4-6-10-16(15)13-12-14/h14-16H,2,5-13H2,1H3. The van der Waals surface area contributed by atoms with Crippen LogP contribution < -0.4 is 0 Å². The highest BCUT2D eigenvalue weighted by atomic mass is 14.3. The normalized spacial score (nSPS) is 35.7. The third-order valence-corrected chi connectivity index (χ3v) is 4.78. The highest BCUT2D eigenvalue weighted by Gasteiger charge is 2.24. The lowest BCUT2D eigenvalue weighted by Gasteiger charge is -2.32. The van der Waals surface area contributed by atoms with Crippen molar-refractivity contribution in [2.24, 2.45) is 17.8 Å². The summed E-state index contributed by atoms with van der Waals surface area (Å²) in [6.07, 6.45) is 13.9. The summed E-state index contributed by atoms with van der Waals surface area (Å²) in [5, 5.41) is 0. The van der Waals surface area contributed by atoms with Crippen LogP contribution in [0.25, 0.3) is 0 Å². The van der Waals surface area contributed by atoms with E-state index in [1.165, 1.54) is 57.8 Å². The molecule has 90 valence electrons. The van der Waals surface area contributed by atoms with Crippen LogP contribution in [0.15, 0.2) is 0 Å².